The van der Waals surface area contributed by atoms with Gasteiger partial charge < -0.3 is 20.3 Å². The Morgan fingerprint density at radius 2 is 2.14 bits per heavy atom. The fourth-order valence-corrected chi connectivity index (χ4v) is 2.31. The zero-order chi connectivity index (χ0) is 15.9. The average Bonchev–Trinajstić information content (AvgIpc) is 2.48. The minimum absolute atomic E-state index is 0.0547. The highest BCUT2D eigenvalue weighted by Crippen LogP contribution is 2.15. The predicted octanol–water partition coefficient (Wildman–Crippen LogP) is -1.18. The highest BCUT2D eigenvalue weighted by molar-refractivity contribution is 6.01. The second-order valence-electron chi connectivity index (χ2n) is 5.02. The number of carbonyl (C=O) groups is 3. The Balaban J connectivity index is 1.99. The molecule has 0 spiro atoms. The van der Waals surface area contributed by atoms with Crippen LogP contribution in [0.2, 0.25) is 0 Å². The molecule has 1 saturated heterocycles. The van der Waals surface area contributed by atoms with Crippen LogP contribution in [0, 0.1) is 0 Å². The summed E-state index contributed by atoms with van der Waals surface area (Å²) < 4.78 is 4.97. The molecule has 1 unspecified atom stereocenters. The summed E-state index contributed by atoms with van der Waals surface area (Å²) in [5, 5.41) is 5.44. The molecule has 2 amide bonds. The Morgan fingerprint density at radius 1 is 1.36 bits per heavy atom. The number of amides is 2. The molecule has 2 rings (SSSR count). The van der Waals surface area contributed by atoms with E-state index in [1.54, 1.807) is 31.2 Å². The lowest BCUT2D eigenvalue weighted by Gasteiger charge is -2.23. The second-order valence-corrected chi connectivity index (χ2v) is 5.02. The highest BCUT2D eigenvalue weighted by Gasteiger charge is 2.23. The Kier molecular flexibility index (Phi) is 5.48. The number of anilines is 1. The van der Waals surface area contributed by atoms with Gasteiger partial charge >= 0.3 is 5.97 Å². The Labute approximate surface area is 128 Å². The fraction of sp³-hybridized carbons (Fsp3) is 0.400. The minimum atomic E-state index is -0.469. The molecule has 3 N–H and O–H groups in total. The maximum absolute atomic E-state index is 12.1. The van der Waals surface area contributed by atoms with Gasteiger partial charge in [-0.05, 0) is 19.1 Å². The molecule has 7 nitrogen and oxygen atoms in total. The van der Waals surface area contributed by atoms with Crippen LogP contribution >= 0.6 is 0 Å². The topological polar surface area (TPSA) is 88.9 Å². The number of para-hydroxylation sites is 1. The van der Waals surface area contributed by atoms with E-state index in [0.717, 1.165) is 4.90 Å². The average molecular weight is 306 g/mol. The first-order chi connectivity index (χ1) is 10.6. The van der Waals surface area contributed by atoms with E-state index < -0.39 is 5.97 Å². The van der Waals surface area contributed by atoms with E-state index in [-0.39, 0.29) is 31.5 Å². The number of carbonyl (C=O) groups excluding carboxylic acids is 3. The molecular formula is C15H20N3O4+. The lowest BCUT2D eigenvalue weighted by molar-refractivity contribution is -0.885. The number of hydrogen-bond acceptors (Lipinski definition) is 4. The van der Waals surface area contributed by atoms with Crippen LogP contribution in [0.25, 0.3) is 0 Å². The number of ether oxygens (including phenoxy) is 1. The second kappa shape index (κ2) is 7.56. The number of piperazine rings is 1. The number of rotatable bonds is 5. The van der Waals surface area contributed by atoms with Crippen LogP contribution in [-0.2, 0) is 14.3 Å². The molecule has 0 radical (unpaired) electrons. The third kappa shape index (κ3) is 4.29. The van der Waals surface area contributed by atoms with Crippen molar-refractivity contribution in [2.75, 3.05) is 38.1 Å². The molecule has 1 aromatic rings. The Morgan fingerprint density at radius 3 is 2.86 bits per heavy atom. The third-order valence-corrected chi connectivity index (χ3v) is 3.32. The number of nitrogens with one attached hydrogen (secondary N) is 3. The Bertz CT molecular complexity index is 574. The molecule has 22 heavy (non-hydrogen) atoms. The predicted molar refractivity (Wildman–Crippen MR) is 79.6 cm³/mol. The molecular weight excluding hydrogens is 286 g/mol. The van der Waals surface area contributed by atoms with Crippen molar-refractivity contribution in [1.82, 2.24) is 5.32 Å². The van der Waals surface area contributed by atoms with Crippen LogP contribution in [-0.4, -0.2) is 50.6 Å². The van der Waals surface area contributed by atoms with Gasteiger partial charge in [-0.1, -0.05) is 12.1 Å². The molecule has 1 aliphatic heterocycles. The molecule has 1 atom stereocenters. The molecule has 0 aliphatic carbocycles. The van der Waals surface area contributed by atoms with Crippen LogP contribution in [0.1, 0.15) is 17.3 Å². The minimum Gasteiger partial charge on any atom is -0.462 e. The quantitative estimate of drug-likeness (QED) is 0.597. The fourth-order valence-electron chi connectivity index (χ4n) is 2.31. The van der Waals surface area contributed by atoms with E-state index in [4.69, 9.17) is 4.74 Å². The highest BCUT2D eigenvalue weighted by atomic mass is 16.5. The molecule has 1 aromatic carbocycles. The molecule has 0 aromatic heterocycles. The molecule has 1 fully saturated rings. The lowest BCUT2D eigenvalue weighted by atomic mass is 10.2. The van der Waals surface area contributed by atoms with Gasteiger partial charge in [0.1, 0.15) is 0 Å². The monoisotopic (exact) mass is 306 g/mol. The summed E-state index contributed by atoms with van der Waals surface area (Å²) in [5.74, 6) is -0.759. The van der Waals surface area contributed by atoms with Gasteiger partial charge in [-0.15, -0.1) is 0 Å². The largest absolute Gasteiger partial charge is 0.462 e. The van der Waals surface area contributed by atoms with Gasteiger partial charge in [0.05, 0.1) is 30.9 Å². The smallest absolute Gasteiger partial charge is 0.340 e. The molecule has 7 heteroatoms. The van der Waals surface area contributed by atoms with Crippen LogP contribution in [0.15, 0.2) is 24.3 Å². The summed E-state index contributed by atoms with van der Waals surface area (Å²) in [6.07, 6.45) is 0. The SMILES string of the molecule is CCOC(=O)c1ccccc1NC(=O)C[NH+]1CCNC(=O)C1. The number of esters is 1. The Hall–Kier alpha value is -2.41. The van der Waals surface area contributed by atoms with Crippen molar-refractivity contribution >= 4 is 23.5 Å². The van der Waals surface area contributed by atoms with Gasteiger partial charge in [0, 0.05) is 0 Å². The molecule has 1 aliphatic rings. The maximum Gasteiger partial charge on any atom is 0.340 e. The molecule has 0 saturated carbocycles. The van der Waals surface area contributed by atoms with Gasteiger partial charge in [-0.2, -0.15) is 0 Å². The number of quaternary nitrogens is 1. The van der Waals surface area contributed by atoms with E-state index in [9.17, 15) is 14.4 Å². The summed E-state index contributed by atoms with van der Waals surface area (Å²) in [5.41, 5.74) is 0.746. The summed E-state index contributed by atoms with van der Waals surface area (Å²) in [6.45, 7) is 3.75. The first-order valence-corrected chi connectivity index (χ1v) is 7.26. The molecule has 118 valence electrons. The standard InChI is InChI=1S/C15H19N3O4/c1-2-22-15(21)11-5-3-4-6-12(11)17-14(20)10-18-8-7-16-13(19)9-18/h3-6H,2,7-10H2,1H3,(H,16,19)(H,17,20)/p+1. The number of benzene rings is 1. The van der Waals surface area contributed by atoms with Crippen LogP contribution in [0.5, 0.6) is 0 Å². The van der Waals surface area contributed by atoms with Gasteiger partial charge in [0.15, 0.2) is 13.1 Å². The van der Waals surface area contributed by atoms with Crippen molar-refractivity contribution in [3.05, 3.63) is 29.8 Å². The van der Waals surface area contributed by atoms with E-state index in [1.165, 1.54) is 0 Å². The van der Waals surface area contributed by atoms with Crippen molar-refractivity contribution < 1.29 is 24.0 Å². The van der Waals surface area contributed by atoms with Gasteiger partial charge in [-0.25, -0.2) is 4.79 Å². The first kappa shape index (κ1) is 16.0. The van der Waals surface area contributed by atoms with E-state index in [2.05, 4.69) is 10.6 Å². The van der Waals surface area contributed by atoms with Crippen molar-refractivity contribution in [1.29, 1.82) is 0 Å². The third-order valence-electron chi connectivity index (χ3n) is 3.32. The van der Waals surface area contributed by atoms with Gasteiger partial charge in [-0.3, -0.25) is 9.59 Å². The van der Waals surface area contributed by atoms with Crippen LogP contribution in [0.3, 0.4) is 0 Å². The molecule has 1 heterocycles. The number of hydrogen-bond donors (Lipinski definition) is 3. The molecule has 0 bridgehead atoms. The lowest BCUT2D eigenvalue weighted by Crippen LogP contribution is -3.16. The van der Waals surface area contributed by atoms with Crippen molar-refractivity contribution in [3.63, 3.8) is 0 Å². The van der Waals surface area contributed by atoms with E-state index in [1.807, 2.05) is 0 Å². The van der Waals surface area contributed by atoms with Crippen molar-refractivity contribution in [3.8, 4) is 0 Å². The maximum atomic E-state index is 12.1. The normalized spacial score (nSPS) is 17.5. The zero-order valence-corrected chi connectivity index (χ0v) is 12.5. The summed E-state index contributed by atoms with van der Waals surface area (Å²) >= 11 is 0. The summed E-state index contributed by atoms with van der Waals surface area (Å²) in [4.78, 5) is 36.2. The van der Waals surface area contributed by atoms with Crippen molar-refractivity contribution in [2.45, 2.75) is 6.92 Å². The van der Waals surface area contributed by atoms with Crippen LogP contribution < -0.4 is 15.5 Å². The zero-order valence-electron chi connectivity index (χ0n) is 12.5. The van der Waals surface area contributed by atoms with Crippen LogP contribution in [0.4, 0.5) is 5.69 Å². The van der Waals surface area contributed by atoms with Gasteiger partial charge in [0.2, 0.25) is 0 Å². The first-order valence-electron chi connectivity index (χ1n) is 7.26. The van der Waals surface area contributed by atoms with Gasteiger partial charge in [0.25, 0.3) is 11.8 Å². The van der Waals surface area contributed by atoms with E-state index >= 15 is 0 Å². The summed E-state index contributed by atoms with van der Waals surface area (Å²) in [6, 6.07) is 6.71. The summed E-state index contributed by atoms with van der Waals surface area (Å²) in [7, 11) is 0. The van der Waals surface area contributed by atoms with Crippen molar-refractivity contribution in [2.24, 2.45) is 0 Å². The van der Waals surface area contributed by atoms with E-state index in [0.29, 0.717) is 24.3 Å².